The lowest BCUT2D eigenvalue weighted by Crippen LogP contribution is -2.35. The third kappa shape index (κ3) is 2.64. The summed E-state index contributed by atoms with van der Waals surface area (Å²) in [6.45, 7) is 2.30. The van der Waals surface area contributed by atoms with Crippen LogP contribution in [0.2, 0.25) is 0 Å². The van der Waals surface area contributed by atoms with Crippen LogP contribution in [0, 0.1) is 0 Å². The highest BCUT2D eigenvalue weighted by Crippen LogP contribution is 2.21. The molecule has 0 bridgehead atoms. The molecular formula is C20H18N4O2. The van der Waals surface area contributed by atoms with Crippen molar-refractivity contribution in [3.05, 3.63) is 76.0 Å². The van der Waals surface area contributed by atoms with Gasteiger partial charge in [-0.2, -0.15) is 0 Å². The molecular weight excluding hydrogens is 328 g/mol. The van der Waals surface area contributed by atoms with Gasteiger partial charge in [0, 0.05) is 36.4 Å². The predicted molar refractivity (Wildman–Crippen MR) is 98.7 cm³/mol. The first-order chi connectivity index (χ1) is 12.8. The van der Waals surface area contributed by atoms with Crippen molar-refractivity contribution in [2.45, 2.75) is 19.5 Å². The van der Waals surface area contributed by atoms with E-state index in [-0.39, 0.29) is 5.56 Å². The van der Waals surface area contributed by atoms with Gasteiger partial charge in [0.25, 0.3) is 5.56 Å². The highest BCUT2D eigenvalue weighted by Gasteiger charge is 2.22. The quantitative estimate of drug-likeness (QED) is 0.598. The lowest BCUT2D eigenvalue weighted by molar-refractivity contribution is 0.238. The van der Waals surface area contributed by atoms with E-state index < -0.39 is 0 Å². The van der Waals surface area contributed by atoms with Gasteiger partial charge in [0.1, 0.15) is 0 Å². The molecule has 2 N–H and O–H groups in total. The highest BCUT2D eigenvalue weighted by atomic mass is 16.3. The van der Waals surface area contributed by atoms with Crippen LogP contribution in [0.5, 0.6) is 0 Å². The average Bonchev–Trinajstić information content (AvgIpc) is 3.30. The predicted octanol–water partition coefficient (Wildman–Crippen LogP) is 3.07. The number of nitrogens with zero attached hydrogens (tertiary/aromatic N) is 2. The smallest absolute Gasteiger partial charge is 0.254 e. The van der Waals surface area contributed by atoms with Gasteiger partial charge in [0.2, 0.25) is 0 Å². The molecule has 5 rings (SSSR count). The first-order valence-corrected chi connectivity index (χ1v) is 8.71. The van der Waals surface area contributed by atoms with E-state index in [0.29, 0.717) is 24.6 Å². The Hall–Kier alpha value is -3.12. The fourth-order valence-electron chi connectivity index (χ4n) is 3.62. The molecule has 130 valence electrons. The van der Waals surface area contributed by atoms with Gasteiger partial charge < -0.3 is 14.4 Å². The number of para-hydroxylation sites is 1. The van der Waals surface area contributed by atoms with E-state index in [0.717, 1.165) is 29.9 Å². The van der Waals surface area contributed by atoms with Crippen molar-refractivity contribution in [2.75, 3.05) is 6.54 Å². The Labute approximate surface area is 149 Å². The lowest BCUT2D eigenvalue weighted by atomic mass is 10.1. The van der Waals surface area contributed by atoms with Crippen LogP contribution in [0.1, 0.15) is 17.0 Å². The molecule has 0 atom stereocenters. The molecule has 0 amide bonds. The summed E-state index contributed by atoms with van der Waals surface area (Å²) in [5, 5.41) is 1.22. The largest absolute Gasteiger partial charge is 0.461 e. The summed E-state index contributed by atoms with van der Waals surface area (Å²) in [7, 11) is 0. The van der Waals surface area contributed by atoms with Crippen LogP contribution in [0.4, 0.5) is 0 Å². The fraction of sp³-hybridized carbons (Fsp3) is 0.200. The van der Waals surface area contributed by atoms with Crippen LogP contribution in [0.3, 0.4) is 0 Å². The van der Waals surface area contributed by atoms with E-state index >= 15 is 0 Å². The number of H-pyrrole nitrogens is 2. The molecule has 0 saturated heterocycles. The maximum Gasteiger partial charge on any atom is 0.254 e. The number of aromatic nitrogens is 3. The molecule has 0 fully saturated rings. The van der Waals surface area contributed by atoms with Crippen molar-refractivity contribution in [1.82, 2.24) is 19.9 Å². The van der Waals surface area contributed by atoms with E-state index in [1.807, 2.05) is 12.1 Å². The van der Waals surface area contributed by atoms with Gasteiger partial charge in [-0.25, -0.2) is 4.98 Å². The van der Waals surface area contributed by atoms with Gasteiger partial charge in [-0.3, -0.25) is 9.69 Å². The van der Waals surface area contributed by atoms with Crippen LogP contribution < -0.4 is 5.56 Å². The van der Waals surface area contributed by atoms with Crippen molar-refractivity contribution in [3.8, 4) is 11.6 Å². The molecule has 0 saturated carbocycles. The molecule has 0 radical (unpaired) electrons. The second-order valence-corrected chi connectivity index (χ2v) is 6.66. The Morgan fingerprint density at radius 3 is 2.92 bits per heavy atom. The Kier molecular flexibility index (Phi) is 3.50. The minimum atomic E-state index is -0.0633. The number of benzene rings is 1. The number of nitrogens with one attached hydrogen (secondary N) is 2. The minimum Gasteiger partial charge on any atom is -0.461 e. The minimum absolute atomic E-state index is 0.0633. The molecule has 3 aromatic heterocycles. The normalized spacial score (nSPS) is 14.6. The molecule has 6 heteroatoms. The summed E-state index contributed by atoms with van der Waals surface area (Å²) in [6, 6.07) is 14.0. The van der Waals surface area contributed by atoms with Crippen molar-refractivity contribution >= 4 is 10.9 Å². The third-order valence-corrected chi connectivity index (χ3v) is 4.89. The molecule has 4 heterocycles. The SMILES string of the molecule is O=c1[nH]c(-c2ccco2)nc2c1CCN(Cc1cc3ccccc3[nH]1)C2. The van der Waals surface area contributed by atoms with Gasteiger partial charge in [-0.15, -0.1) is 0 Å². The number of rotatable bonds is 3. The summed E-state index contributed by atoms with van der Waals surface area (Å²) in [5.41, 5.74) is 3.88. The zero-order valence-electron chi connectivity index (χ0n) is 14.2. The molecule has 6 nitrogen and oxygen atoms in total. The van der Waals surface area contributed by atoms with E-state index in [1.165, 1.54) is 11.1 Å². The van der Waals surface area contributed by atoms with Crippen molar-refractivity contribution in [3.63, 3.8) is 0 Å². The summed E-state index contributed by atoms with van der Waals surface area (Å²) in [6.07, 6.45) is 2.29. The number of furan rings is 1. The Balaban J connectivity index is 1.42. The first-order valence-electron chi connectivity index (χ1n) is 8.71. The standard InChI is InChI=1S/C20H18N4O2/c25-20-15-7-8-24(11-14-10-13-4-1-2-5-16(13)21-14)12-17(15)22-19(23-20)18-6-3-9-26-18/h1-6,9-10,21H,7-8,11-12H2,(H,22,23,25). The fourth-order valence-corrected chi connectivity index (χ4v) is 3.62. The van der Waals surface area contributed by atoms with Crippen molar-refractivity contribution in [1.29, 1.82) is 0 Å². The van der Waals surface area contributed by atoms with Gasteiger partial charge in [-0.05, 0) is 36.1 Å². The Bertz CT molecular complexity index is 1090. The average molecular weight is 346 g/mol. The molecule has 0 spiro atoms. The lowest BCUT2D eigenvalue weighted by Gasteiger charge is -2.27. The third-order valence-electron chi connectivity index (χ3n) is 4.89. The zero-order valence-corrected chi connectivity index (χ0v) is 14.2. The van der Waals surface area contributed by atoms with Crippen LogP contribution in [-0.4, -0.2) is 26.4 Å². The first kappa shape index (κ1) is 15.2. The number of hydrogen-bond donors (Lipinski definition) is 2. The topological polar surface area (TPSA) is 77.9 Å². The van der Waals surface area contributed by atoms with Gasteiger partial charge in [-0.1, -0.05) is 18.2 Å². The van der Waals surface area contributed by atoms with Crippen LogP contribution >= 0.6 is 0 Å². The monoisotopic (exact) mass is 346 g/mol. The van der Waals surface area contributed by atoms with E-state index in [4.69, 9.17) is 4.42 Å². The van der Waals surface area contributed by atoms with Crippen molar-refractivity contribution in [2.24, 2.45) is 0 Å². The maximum atomic E-state index is 12.4. The highest BCUT2D eigenvalue weighted by molar-refractivity contribution is 5.80. The van der Waals surface area contributed by atoms with E-state index in [9.17, 15) is 4.79 Å². The molecule has 4 aromatic rings. The molecule has 0 aliphatic carbocycles. The summed E-state index contributed by atoms with van der Waals surface area (Å²) < 4.78 is 5.37. The summed E-state index contributed by atoms with van der Waals surface area (Å²) in [4.78, 5) is 25.7. The molecule has 26 heavy (non-hydrogen) atoms. The molecule has 1 aromatic carbocycles. The summed E-state index contributed by atoms with van der Waals surface area (Å²) in [5.74, 6) is 1.07. The molecule has 1 aliphatic rings. The van der Waals surface area contributed by atoms with Crippen LogP contribution in [0.25, 0.3) is 22.5 Å². The van der Waals surface area contributed by atoms with E-state index in [2.05, 4.69) is 38.1 Å². The van der Waals surface area contributed by atoms with Crippen molar-refractivity contribution < 1.29 is 4.42 Å². The zero-order chi connectivity index (χ0) is 17.5. The van der Waals surface area contributed by atoms with Gasteiger partial charge >= 0.3 is 0 Å². The molecule has 0 unspecified atom stereocenters. The Morgan fingerprint density at radius 1 is 1.15 bits per heavy atom. The van der Waals surface area contributed by atoms with Crippen LogP contribution in [-0.2, 0) is 19.5 Å². The Morgan fingerprint density at radius 2 is 2.08 bits per heavy atom. The molecule has 1 aliphatic heterocycles. The maximum absolute atomic E-state index is 12.4. The summed E-state index contributed by atoms with van der Waals surface area (Å²) >= 11 is 0. The van der Waals surface area contributed by atoms with Gasteiger partial charge in [0.05, 0.1) is 12.0 Å². The number of aromatic amines is 2. The van der Waals surface area contributed by atoms with Gasteiger partial charge in [0.15, 0.2) is 11.6 Å². The number of fused-ring (bicyclic) bond motifs is 2. The number of hydrogen-bond acceptors (Lipinski definition) is 4. The second kappa shape index (κ2) is 6.00. The van der Waals surface area contributed by atoms with Crippen LogP contribution in [0.15, 0.2) is 57.9 Å². The van der Waals surface area contributed by atoms with E-state index in [1.54, 1.807) is 18.4 Å². The second-order valence-electron chi connectivity index (χ2n) is 6.66.